The zero-order chi connectivity index (χ0) is 20.1. The van der Waals surface area contributed by atoms with E-state index >= 15 is 0 Å². The first-order valence-corrected chi connectivity index (χ1v) is 9.87. The monoisotopic (exact) mass is 386 g/mol. The van der Waals surface area contributed by atoms with E-state index in [1.807, 2.05) is 18.2 Å². The molecule has 3 aromatic rings. The zero-order valence-corrected chi connectivity index (χ0v) is 16.5. The Bertz CT molecular complexity index is 1190. The first-order chi connectivity index (χ1) is 14.1. The summed E-state index contributed by atoms with van der Waals surface area (Å²) in [5.41, 5.74) is 6.91. The quantitative estimate of drug-likeness (QED) is 0.680. The number of fused-ring (bicyclic) bond motifs is 6. The van der Waals surface area contributed by atoms with Crippen molar-refractivity contribution in [1.82, 2.24) is 9.88 Å². The van der Waals surface area contributed by atoms with Crippen LogP contribution in [0.3, 0.4) is 0 Å². The van der Waals surface area contributed by atoms with Crippen molar-refractivity contribution in [3.63, 3.8) is 0 Å². The van der Waals surface area contributed by atoms with Gasteiger partial charge in [0.15, 0.2) is 0 Å². The number of methoxy groups -OCH3 is 1. The SMILES string of the molecule is COC(=O)c1cccc2c1C=C1c3[nH]c4ccccc4c3CCN1C2CC(C)=O. The Balaban J connectivity index is 1.76. The predicted molar refractivity (Wildman–Crippen MR) is 112 cm³/mol. The van der Waals surface area contributed by atoms with E-state index in [1.54, 1.807) is 13.0 Å². The van der Waals surface area contributed by atoms with Crippen molar-refractivity contribution in [2.75, 3.05) is 13.7 Å². The summed E-state index contributed by atoms with van der Waals surface area (Å²) >= 11 is 0. The number of esters is 1. The molecule has 0 spiro atoms. The maximum Gasteiger partial charge on any atom is 0.338 e. The average molecular weight is 386 g/mol. The summed E-state index contributed by atoms with van der Waals surface area (Å²) in [5.74, 6) is -0.227. The van der Waals surface area contributed by atoms with Gasteiger partial charge in [-0.1, -0.05) is 30.3 Å². The zero-order valence-electron chi connectivity index (χ0n) is 16.5. The molecule has 5 heteroatoms. The highest BCUT2D eigenvalue weighted by atomic mass is 16.5. The first kappa shape index (κ1) is 17.7. The van der Waals surface area contributed by atoms with E-state index in [-0.39, 0.29) is 17.8 Å². The van der Waals surface area contributed by atoms with Crippen LogP contribution in [-0.2, 0) is 16.0 Å². The maximum absolute atomic E-state index is 12.4. The van der Waals surface area contributed by atoms with Gasteiger partial charge in [0.05, 0.1) is 30.1 Å². The van der Waals surface area contributed by atoms with E-state index in [4.69, 9.17) is 4.74 Å². The van der Waals surface area contributed by atoms with E-state index < -0.39 is 0 Å². The molecule has 5 rings (SSSR count). The summed E-state index contributed by atoms with van der Waals surface area (Å²) < 4.78 is 5.02. The molecular formula is C24H22N2O3. The Morgan fingerprint density at radius 2 is 2.00 bits per heavy atom. The molecule has 1 unspecified atom stereocenters. The summed E-state index contributed by atoms with van der Waals surface area (Å²) in [6, 6.07) is 13.9. The molecule has 146 valence electrons. The lowest BCUT2D eigenvalue weighted by Gasteiger charge is -2.42. The number of ether oxygens (including phenoxy) is 1. The van der Waals surface area contributed by atoms with E-state index in [0.29, 0.717) is 12.0 Å². The highest BCUT2D eigenvalue weighted by Gasteiger charge is 2.36. The van der Waals surface area contributed by atoms with Gasteiger partial charge >= 0.3 is 5.97 Å². The molecule has 1 aromatic heterocycles. The molecule has 2 aliphatic heterocycles. The molecule has 2 aliphatic rings. The summed E-state index contributed by atoms with van der Waals surface area (Å²) in [6.45, 7) is 2.46. The Kier molecular flexibility index (Phi) is 4.05. The molecule has 0 bridgehead atoms. The van der Waals surface area contributed by atoms with Crippen LogP contribution in [0.15, 0.2) is 42.5 Å². The van der Waals surface area contributed by atoms with Crippen LogP contribution in [0.25, 0.3) is 22.7 Å². The third-order valence-electron chi connectivity index (χ3n) is 6.02. The number of ketones is 1. The fourth-order valence-electron chi connectivity index (χ4n) is 4.77. The number of aromatic nitrogens is 1. The molecule has 1 N–H and O–H groups in total. The van der Waals surface area contributed by atoms with Gasteiger partial charge in [-0.15, -0.1) is 0 Å². The molecule has 2 aromatic carbocycles. The number of benzene rings is 2. The number of hydrogen-bond acceptors (Lipinski definition) is 4. The topological polar surface area (TPSA) is 62.4 Å². The fraction of sp³-hybridized carbons (Fsp3) is 0.250. The third kappa shape index (κ3) is 2.69. The lowest BCUT2D eigenvalue weighted by atomic mass is 9.85. The number of rotatable bonds is 3. The van der Waals surface area contributed by atoms with Crippen molar-refractivity contribution in [3.05, 3.63) is 70.4 Å². The van der Waals surface area contributed by atoms with Crippen LogP contribution in [0.2, 0.25) is 0 Å². The van der Waals surface area contributed by atoms with Crippen LogP contribution >= 0.6 is 0 Å². The maximum atomic E-state index is 12.4. The molecule has 1 atom stereocenters. The lowest BCUT2D eigenvalue weighted by molar-refractivity contribution is -0.118. The summed E-state index contributed by atoms with van der Waals surface area (Å²) in [7, 11) is 1.40. The van der Waals surface area contributed by atoms with Crippen molar-refractivity contribution in [3.8, 4) is 0 Å². The molecule has 5 nitrogen and oxygen atoms in total. The van der Waals surface area contributed by atoms with Crippen LogP contribution in [0, 0.1) is 0 Å². The molecule has 0 saturated carbocycles. The third-order valence-corrected chi connectivity index (χ3v) is 6.02. The highest BCUT2D eigenvalue weighted by Crippen LogP contribution is 2.45. The van der Waals surface area contributed by atoms with Crippen molar-refractivity contribution in [1.29, 1.82) is 0 Å². The van der Waals surface area contributed by atoms with Crippen LogP contribution in [0.4, 0.5) is 0 Å². The molecule has 0 amide bonds. The van der Waals surface area contributed by atoms with Crippen LogP contribution < -0.4 is 0 Å². The summed E-state index contributed by atoms with van der Waals surface area (Å²) in [4.78, 5) is 30.4. The predicted octanol–water partition coefficient (Wildman–Crippen LogP) is 4.34. The van der Waals surface area contributed by atoms with Gasteiger partial charge < -0.3 is 14.6 Å². The van der Waals surface area contributed by atoms with Gasteiger partial charge in [0.25, 0.3) is 0 Å². The minimum atomic E-state index is -0.360. The number of Topliss-reactive ketones (excluding diaryl/α,β-unsaturated/α-hetero) is 1. The average Bonchev–Trinajstić information content (AvgIpc) is 3.11. The number of carbonyl (C=O) groups excluding carboxylic acids is 2. The van der Waals surface area contributed by atoms with Crippen molar-refractivity contribution < 1.29 is 14.3 Å². The van der Waals surface area contributed by atoms with Gasteiger partial charge in [-0.2, -0.15) is 0 Å². The Hall–Kier alpha value is -3.34. The molecule has 0 radical (unpaired) electrons. The highest BCUT2D eigenvalue weighted by molar-refractivity contribution is 6.00. The van der Waals surface area contributed by atoms with Crippen molar-refractivity contribution in [2.45, 2.75) is 25.8 Å². The second-order valence-corrected chi connectivity index (χ2v) is 7.72. The molecule has 3 heterocycles. The molecule has 0 saturated heterocycles. The Morgan fingerprint density at radius 1 is 1.17 bits per heavy atom. The standard InChI is InChI=1S/C24H22N2O3/c1-14(27)12-21-16-7-5-8-18(24(28)29-2)19(16)13-22-23-17(10-11-26(21)22)15-6-3-4-9-20(15)25-23/h3-9,13,21,25H,10-12H2,1-2H3. The van der Waals surface area contributed by atoms with Gasteiger partial charge in [-0.05, 0) is 48.2 Å². The summed E-state index contributed by atoms with van der Waals surface area (Å²) in [6.07, 6.45) is 3.40. The Labute approximate surface area is 169 Å². The number of para-hydroxylation sites is 1. The second kappa shape index (κ2) is 6.62. The van der Waals surface area contributed by atoms with Gasteiger partial charge in [0, 0.05) is 23.9 Å². The van der Waals surface area contributed by atoms with E-state index in [9.17, 15) is 9.59 Å². The molecule has 29 heavy (non-hydrogen) atoms. The molecule has 0 aliphatic carbocycles. The normalized spacial score (nSPS) is 17.2. The van der Waals surface area contributed by atoms with Crippen LogP contribution in [-0.4, -0.2) is 35.3 Å². The van der Waals surface area contributed by atoms with E-state index in [1.165, 1.54) is 18.1 Å². The number of nitrogens with zero attached hydrogens (tertiary/aromatic N) is 1. The minimum absolute atomic E-state index is 0.0910. The second-order valence-electron chi connectivity index (χ2n) is 7.72. The van der Waals surface area contributed by atoms with Gasteiger partial charge in [-0.3, -0.25) is 4.79 Å². The van der Waals surface area contributed by atoms with Crippen LogP contribution in [0.1, 0.15) is 52.1 Å². The van der Waals surface area contributed by atoms with Gasteiger partial charge in [0.2, 0.25) is 0 Å². The minimum Gasteiger partial charge on any atom is -0.465 e. The first-order valence-electron chi connectivity index (χ1n) is 9.87. The number of hydrogen-bond donors (Lipinski definition) is 1. The van der Waals surface area contributed by atoms with Gasteiger partial charge in [0.1, 0.15) is 5.78 Å². The Morgan fingerprint density at radius 3 is 2.79 bits per heavy atom. The smallest absolute Gasteiger partial charge is 0.338 e. The van der Waals surface area contributed by atoms with Gasteiger partial charge in [-0.25, -0.2) is 4.79 Å². The van der Waals surface area contributed by atoms with E-state index in [2.05, 4.69) is 34.2 Å². The lowest BCUT2D eigenvalue weighted by Crippen LogP contribution is -2.36. The number of carbonyl (C=O) groups is 2. The number of H-pyrrole nitrogens is 1. The molecule has 0 fully saturated rings. The largest absolute Gasteiger partial charge is 0.465 e. The summed E-state index contributed by atoms with van der Waals surface area (Å²) in [5, 5.41) is 1.23. The number of nitrogens with one attached hydrogen (secondary N) is 1. The number of aromatic amines is 1. The fourth-order valence-corrected chi connectivity index (χ4v) is 4.77. The van der Waals surface area contributed by atoms with E-state index in [0.717, 1.165) is 41.0 Å². The van der Waals surface area contributed by atoms with Crippen molar-refractivity contribution >= 4 is 34.4 Å². The van der Waals surface area contributed by atoms with Crippen LogP contribution in [0.5, 0.6) is 0 Å². The molecular weight excluding hydrogens is 364 g/mol. The van der Waals surface area contributed by atoms with Crippen molar-refractivity contribution in [2.24, 2.45) is 0 Å².